The van der Waals surface area contributed by atoms with Crippen molar-refractivity contribution in [1.82, 2.24) is 0 Å². The molecule has 1 aromatic rings. The monoisotopic (exact) mass is 251 g/mol. The molecule has 1 saturated heterocycles. The molecule has 0 aromatic heterocycles. The number of benzene rings is 1. The van der Waals surface area contributed by atoms with Gasteiger partial charge in [-0.2, -0.15) is 0 Å². The van der Waals surface area contributed by atoms with E-state index >= 15 is 0 Å². The van der Waals surface area contributed by atoms with Crippen LogP contribution in [0.3, 0.4) is 0 Å². The molecular formula is C14H21NO3. The van der Waals surface area contributed by atoms with Crippen LogP contribution in [0.4, 0.5) is 0 Å². The number of ether oxygens (including phenoxy) is 2. The molecule has 4 nitrogen and oxygen atoms in total. The highest BCUT2D eigenvalue weighted by Crippen LogP contribution is 2.39. The Hall–Kier alpha value is -1.10. The molecular weight excluding hydrogens is 230 g/mol. The zero-order chi connectivity index (χ0) is 13.2. The van der Waals surface area contributed by atoms with E-state index in [1.807, 2.05) is 12.1 Å². The van der Waals surface area contributed by atoms with Crippen LogP contribution >= 0.6 is 0 Å². The van der Waals surface area contributed by atoms with E-state index in [-0.39, 0.29) is 18.1 Å². The highest BCUT2D eigenvalue weighted by Gasteiger charge is 2.44. The normalized spacial score (nSPS) is 19.1. The SMILES string of the molecule is CCc1cc(C(N)C2(CO)COC2)ccc1OC. The van der Waals surface area contributed by atoms with Crippen molar-refractivity contribution < 1.29 is 14.6 Å². The number of hydrogen-bond acceptors (Lipinski definition) is 4. The molecule has 1 atom stereocenters. The average molecular weight is 251 g/mol. The summed E-state index contributed by atoms with van der Waals surface area (Å²) in [5, 5.41) is 9.51. The van der Waals surface area contributed by atoms with Gasteiger partial charge >= 0.3 is 0 Å². The van der Waals surface area contributed by atoms with Crippen LogP contribution in [0.25, 0.3) is 0 Å². The molecule has 4 heteroatoms. The van der Waals surface area contributed by atoms with Gasteiger partial charge in [0.2, 0.25) is 0 Å². The van der Waals surface area contributed by atoms with E-state index in [1.54, 1.807) is 7.11 Å². The Morgan fingerprint density at radius 1 is 1.50 bits per heavy atom. The summed E-state index contributed by atoms with van der Waals surface area (Å²) in [6.45, 7) is 3.19. The predicted octanol–water partition coefficient (Wildman–Crippen LogP) is 1.27. The molecule has 2 rings (SSSR count). The van der Waals surface area contributed by atoms with Crippen LogP contribution in [0, 0.1) is 5.41 Å². The van der Waals surface area contributed by atoms with Crippen molar-refractivity contribution in [3.05, 3.63) is 29.3 Å². The number of hydrogen-bond donors (Lipinski definition) is 2. The summed E-state index contributed by atoms with van der Waals surface area (Å²) in [6.07, 6.45) is 0.895. The van der Waals surface area contributed by atoms with Gasteiger partial charge in [-0.1, -0.05) is 19.1 Å². The Balaban J connectivity index is 2.28. The second kappa shape index (κ2) is 5.26. The van der Waals surface area contributed by atoms with Gasteiger partial charge in [0.1, 0.15) is 5.75 Å². The van der Waals surface area contributed by atoms with Gasteiger partial charge in [0.15, 0.2) is 0 Å². The zero-order valence-electron chi connectivity index (χ0n) is 11.0. The molecule has 1 aliphatic rings. The van der Waals surface area contributed by atoms with Crippen molar-refractivity contribution in [2.75, 3.05) is 26.9 Å². The van der Waals surface area contributed by atoms with Gasteiger partial charge in [0.05, 0.1) is 32.3 Å². The van der Waals surface area contributed by atoms with E-state index in [0.29, 0.717) is 13.2 Å². The van der Waals surface area contributed by atoms with Crippen LogP contribution < -0.4 is 10.5 Å². The fourth-order valence-corrected chi connectivity index (χ4v) is 2.36. The molecule has 0 saturated carbocycles. The second-order valence-corrected chi connectivity index (χ2v) is 4.92. The lowest BCUT2D eigenvalue weighted by atomic mass is 9.76. The van der Waals surface area contributed by atoms with Crippen molar-refractivity contribution in [1.29, 1.82) is 0 Å². The third-order valence-electron chi connectivity index (χ3n) is 3.80. The number of methoxy groups -OCH3 is 1. The third kappa shape index (κ3) is 2.11. The van der Waals surface area contributed by atoms with E-state index in [1.165, 1.54) is 0 Å². The first kappa shape index (κ1) is 13.3. The first-order valence-electron chi connectivity index (χ1n) is 6.28. The number of rotatable bonds is 5. The number of aliphatic hydroxyl groups is 1. The standard InChI is InChI=1S/C14H21NO3/c1-3-10-6-11(4-5-12(10)17-2)13(15)14(7-16)8-18-9-14/h4-6,13,16H,3,7-9,15H2,1-2H3. The Labute approximate surface area is 108 Å². The summed E-state index contributed by atoms with van der Waals surface area (Å²) in [5.41, 5.74) is 8.13. The molecule has 0 spiro atoms. The van der Waals surface area contributed by atoms with Gasteiger partial charge in [0, 0.05) is 6.04 Å². The largest absolute Gasteiger partial charge is 0.496 e. The summed E-state index contributed by atoms with van der Waals surface area (Å²) in [5.74, 6) is 0.886. The third-order valence-corrected chi connectivity index (χ3v) is 3.80. The molecule has 100 valence electrons. The van der Waals surface area contributed by atoms with Crippen LogP contribution in [-0.4, -0.2) is 32.0 Å². The lowest BCUT2D eigenvalue weighted by Gasteiger charge is -2.44. The van der Waals surface area contributed by atoms with E-state index in [9.17, 15) is 5.11 Å². The fourth-order valence-electron chi connectivity index (χ4n) is 2.36. The highest BCUT2D eigenvalue weighted by atomic mass is 16.5. The molecule has 18 heavy (non-hydrogen) atoms. The first-order chi connectivity index (χ1) is 8.66. The van der Waals surface area contributed by atoms with Gasteiger partial charge in [-0.05, 0) is 23.6 Å². The van der Waals surface area contributed by atoms with Crippen LogP contribution in [0.15, 0.2) is 18.2 Å². The Bertz CT molecular complexity index is 410. The van der Waals surface area contributed by atoms with Crippen molar-refractivity contribution in [2.45, 2.75) is 19.4 Å². The molecule has 3 N–H and O–H groups in total. The molecule has 1 aromatic carbocycles. The van der Waals surface area contributed by atoms with Crippen molar-refractivity contribution in [3.63, 3.8) is 0 Å². The lowest BCUT2D eigenvalue weighted by molar-refractivity contribution is -0.150. The fraction of sp³-hybridized carbons (Fsp3) is 0.571. The lowest BCUT2D eigenvalue weighted by Crippen LogP contribution is -2.52. The van der Waals surface area contributed by atoms with Crippen molar-refractivity contribution >= 4 is 0 Å². The van der Waals surface area contributed by atoms with Crippen molar-refractivity contribution in [3.8, 4) is 5.75 Å². The second-order valence-electron chi connectivity index (χ2n) is 4.92. The first-order valence-corrected chi connectivity index (χ1v) is 6.28. The summed E-state index contributed by atoms with van der Waals surface area (Å²) >= 11 is 0. The minimum absolute atomic E-state index is 0.0572. The van der Waals surface area contributed by atoms with Crippen LogP contribution in [0.5, 0.6) is 5.75 Å². The molecule has 0 aliphatic carbocycles. The van der Waals surface area contributed by atoms with Gasteiger partial charge in [0.25, 0.3) is 0 Å². The summed E-state index contributed by atoms with van der Waals surface area (Å²) in [4.78, 5) is 0. The molecule has 0 amide bonds. The van der Waals surface area contributed by atoms with Gasteiger partial charge < -0.3 is 20.3 Å². The Morgan fingerprint density at radius 2 is 2.22 bits per heavy atom. The quantitative estimate of drug-likeness (QED) is 0.827. The Morgan fingerprint density at radius 3 is 2.67 bits per heavy atom. The summed E-state index contributed by atoms with van der Waals surface area (Å²) in [6, 6.07) is 5.78. The van der Waals surface area contributed by atoms with E-state index < -0.39 is 0 Å². The number of aliphatic hydroxyl groups excluding tert-OH is 1. The van der Waals surface area contributed by atoms with Crippen LogP contribution in [0.2, 0.25) is 0 Å². The van der Waals surface area contributed by atoms with Crippen LogP contribution in [-0.2, 0) is 11.2 Å². The van der Waals surface area contributed by atoms with Gasteiger partial charge in [-0.15, -0.1) is 0 Å². The maximum atomic E-state index is 9.51. The van der Waals surface area contributed by atoms with Gasteiger partial charge in [-0.3, -0.25) is 0 Å². The van der Waals surface area contributed by atoms with E-state index in [2.05, 4.69) is 13.0 Å². The van der Waals surface area contributed by atoms with Gasteiger partial charge in [-0.25, -0.2) is 0 Å². The average Bonchev–Trinajstić information content (AvgIpc) is 2.37. The summed E-state index contributed by atoms with van der Waals surface area (Å²) < 4.78 is 10.5. The number of aryl methyl sites for hydroxylation is 1. The summed E-state index contributed by atoms with van der Waals surface area (Å²) in [7, 11) is 1.67. The smallest absolute Gasteiger partial charge is 0.122 e. The minimum Gasteiger partial charge on any atom is -0.496 e. The molecule has 1 unspecified atom stereocenters. The topological polar surface area (TPSA) is 64.7 Å². The molecule has 0 bridgehead atoms. The molecule has 1 fully saturated rings. The zero-order valence-corrected chi connectivity index (χ0v) is 11.0. The molecule has 1 aliphatic heterocycles. The maximum Gasteiger partial charge on any atom is 0.122 e. The van der Waals surface area contributed by atoms with Crippen molar-refractivity contribution in [2.24, 2.45) is 11.1 Å². The minimum atomic E-state index is -0.320. The van der Waals surface area contributed by atoms with E-state index in [0.717, 1.165) is 23.3 Å². The highest BCUT2D eigenvalue weighted by molar-refractivity contribution is 5.39. The molecule has 1 heterocycles. The predicted molar refractivity (Wildman–Crippen MR) is 69.6 cm³/mol. The molecule has 0 radical (unpaired) electrons. The van der Waals surface area contributed by atoms with E-state index in [4.69, 9.17) is 15.2 Å². The number of nitrogens with two attached hydrogens (primary N) is 1. The Kier molecular flexibility index (Phi) is 3.90. The van der Waals surface area contributed by atoms with Crippen LogP contribution in [0.1, 0.15) is 24.1 Å². The maximum absolute atomic E-state index is 9.51.